The molecular weight excluding hydrogens is 453 g/mol. The Morgan fingerprint density at radius 1 is 1.22 bits per heavy atom. The van der Waals surface area contributed by atoms with Crippen molar-refractivity contribution >= 4 is 29.9 Å². The molecule has 3 aromatic rings. The molecule has 2 aromatic heterocycles. The number of aromatic nitrogens is 2. The Kier molecular flexibility index (Phi) is 7.90. The van der Waals surface area contributed by atoms with E-state index in [2.05, 4.69) is 32.9 Å². The molecule has 0 saturated heterocycles. The lowest BCUT2D eigenvalue weighted by molar-refractivity contribution is 0.423. The molecule has 0 unspecified atom stereocenters. The molecule has 27 heavy (non-hydrogen) atoms. The second-order valence-electron chi connectivity index (χ2n) is 6.19. The molecule has 2 heterocycles. The predicted molar refractivity (Wildman–Crippen MR) is 119 cm³/mol. The number of hydrogen-bond acceptors (Lipinski definition) is 3. The van der Waals surface area contributed by atoms with Crippen LogP contribution in [-0.2, 0) is 20.1 Å². The van der Waals surface area contributed by atoms with E-state index in [4.69, 9.17) is 9.52 Å². The van der Waals surface area contributed by atoms with Gasteiger partial charge >= 0.3 is 0 Å². The molecule has 0 aliphatic rings. The smallest absolute Gasteiger partial charge is 0.194 e. The summed E-state index contributed by atoms with van der Waals surface area (Å²) >= 11 is 0. The Labute approximate surface area is 177 Å². The molecule has 0 fully saturated rings. The van der Waals surface area contributed by atoms with Crippen LogP contribution in [0.2, 0.25) is 0 Å². The van der Waals surface area contributed by atoms with E-state index >= 15 is 0 Å². The van der Waals surface area contributed by atoms with E-state index < -0.39 is 0 Å². The first-order valence-electron chi connectivity index (χ1n) is 8.78. The maximum Gasteiger partial charge on any atom is 0.194 e. The van der Waals surface area contributed by atoms with Crippen LogP contribution in [0.4, 0.5) is 0 Å². The molecule has 6 nitrogen and oxygen atoms in total. The molecule has 0 aliphatic carbocycles. The van der Waals surface area contributed by atoms with Crippen molar-refractivity contribution in [3.63, 3.8) is 0 Å². The summed E-state index contributed by atoms with van der Waals surface area (Å²) in [7, 11) is 4.08. The van der Waals surface area contributed by atoms with Crippen LogP contribution >= 0.6 is 24.0 Å². The Balaban J connectivity index is 0.00000261. The fraction of sp³-hybridized carbons (Fsp3) is 0.300. The van der Waals surface area contributed by atoms with Crippen LogP contribution in [0.1, 0.15) is 18.3 Å². The van der Waals surface area contributed by atoms with Gasteiger partial charge in [0.15, 0.2) is 11.7 Å². The van der Waals surface area contributed by atoms with E-state index in [9.17, 15) is 0 Å². The number of benzene rings is 1. The summed E-state index contributed by atoms with van der Waals surface area (Å²) in [4.78, 5) is 6.81. The van der Waals surface area contributed by atoms with Gasteiger partial charge < -0.3 is 19.3 Å². The molecule has 0 aliphatic heterocycles. The van der Waals surface area contributed by atoms with Gasteiger partial charge in [0.1, 0.15) is 5.69 Å². The lowest BCUT2D eigenvalue weighted by atomic mass is 10.2. The van der Waals surface area contributed by atoms with Crippen molar-refractivity contribution in [1.82, 2.24) is 19.9 Å². The van der Waals surface area contributed by atoms with Crippen LogP contribution in [0.25, 0.3) is 11.3 Å². The van der Waals surface area contributed by atoms with Crippen LogP contribution in [0.3, 0.4) is 0 Å². The van der Waals surface area contributed by atoms with Crippen molar-refractivity contribution in [2.45, 2.75) is 20.0 Å². The highest BCUT2D eigenvalue weighted by molar-refractivity contribution is 14.0. The summed E-state index contributed by atoms with van der Waals surface area (Å²) in [5.74, 6) is 1.61. The van der Waals surface area contributed by atoms with Gasteiger partial charge in [-0.15, -0.1) is 24.0 Å². The van der Waals surface area contributed by atoms with Gasteiger partial charge in [-0.1, -0.05) is 35.5 Å². The van der Waals surface area contributed by atoms with E-state index in [1.54, 1.807) is 0 Å². The van der Waals surface area contributed by atoms with Crippen molar-refractivity contribution in [2.75, 3.05) is 13.6 Å². The third-order valence-corrected chi connectivity index (χ3v) is 4.16. The van der Waals surface area contributed by atoms with Crippen LogP contribution in [0.15, 0.2) is 64.2 Å². The first kappa shape index (κ1) is 21.0. The average molecular weight is 479 g/mol. The van der Waals surface area contributed by atoms with E-state index in [1.165, 1.54) is 5.69 Å². The van der Waals surface area contributed by atoms with E-state index in [0.717, 1.165) is 36.1 Å². The van der Waals surface area contributed by atoms with Gasteiger partial charge in [-0.3, -0.25) is 0 Å². The molecular formula is C20H26IN5O. The fourth-order valence-electron chi connectivity index (χ4n) is 2.73. The number of guanidine groups is 1. The van der Waals surface area contributed by atoms with Crippen molar-refractivity contribution < 1.29 is 4.52 Å². The summed E-state index contributed by atoms with van der Waals surface area (Å²) in [6.07, 6.45) is 2.05. The molecule has 0 amide bonds. The lowest BCUT2D eigenvalue weighted by Gasteiger charge is -2.22. The molecule has 1 aromatic carbocycles. The summed E-state index contributed by atoms with van der Waals surface area (Å²) in [5.41, 5.74) is 3.06. The maximum absolute atomic E-state index is 5.45. The van der Waals surface area contributed by atoms with Gasteiger partial charge in [0, 0.05) is 44.2 Å². The summed E-state index contributed by atoms with van der Waals surface area (Å²) in [5, 5.41) is 7.47. The molecule has 0 spiro atoms. The number of hydrogen-bond donors (Lipinski definition) is 1. The van der Waals surface area contributed by atoms with Crippen LogP contribution in [0.5, 0.6) is 0 Å². The molecule has 3 rings (SSSR count). The minimum absolute atomic E-state index is 0. The van der Waals surface area contributed by atoms with Gasteiger partial charge in [0.2, 0.25) is 0 Å². The zero-order chi connectivity index (χ0) is 18.4. The highest BCUT2D eigenvalue weighted by Crippen LogP contribution is 2.20. The monoisotopic (exact) mass is 479 g/mol. The highest BCUT2D eigenvalue weighted by Gasteiger charge is 2.10. The largest absolute Gasteiger partial charge is 0.357 e. The second kappa shape index (κ2) is 10.1. The van der Waals surface area contributed by atoms with Crippen molar-refractivity contribution in [2.24, 2.45) is 12.0 Å². The molecule has 0 radical (unpaired) electrons. The predicted octanol–water partition coefficient (Wildman–Crippen LogP) is 3.90. The minimum atomic E-state index is 0. The molecule has 144 valence electrons. The number of rotatable bonds is 6. The number of halogens is 1. The third kappa shape index (κ3) is 5.59. The highest BCUT2D eigenvalue weighted by atomic mass is 127. The molecule has 0 bridgehead atoms. The van der Waals surface area contributed by atoms with Gasteiger partial charge in [-0.05, 0) is 19.1 Å². The topological polar surface area (TPSA) is 58.6 Å². The maximum atomic E-state index is 5.45. The summed E-state index contributed by atoms with van der Waals surface area (Å²) < 4.78 is 7.56. The fourth-order valence-corrected chi connectivity index (χ4v) is 2.73. The zero-order valence-electron chi connectivity index (χ0n) is 15.9. The Morgan fingerprint density at radius 3 is 2.67 bits per heavy atom. The number of aryl methyl sites for hydroxylation is 1. The van der Waals surface area contributed by atoms with E-state index in [-0.39, 0.29) is 24.0 Å². The number of nitrogens with zero attached hydrogens (tertiary/aromatic N) is 4. The Bertz CT molecular complexity index is 856. The average Bonchev–Trinajstić information content (AvgIpc) is 3.29. The molecule has 7 heteroatoms. The molecule has 0 atom stereocenters. The van der Waals surface area contributed by atoms with Gasteiger partial charge in [0.05, 0.1) is 13.1 Å². The van der Waals surface area contributed by atoms with Gasteiger partial charge in [-0.25, -0.2) is 4.99 Å². The van der Waals surface area contributed by atoms with Crippen molar-refractivity contribution in [1.29, 1.82) is 0 Å². The second-order valence-corrected chi connectivity index (χ2v) is 6.19. The van der Waals surface area contributed by atoms with Crippen LogP contribution in [-0.4, -0.2) is 34.2 Å². The van der Waals surface area contributed by atoms with E-state index in [1.807, 2.05) is 62.8 Å². The number of aliphatic imine (C=N–C) groups is 1. The van der Waals surface area contributed by atoms with Crippen molar-refractivity contribution in [3.05, 3.63) is 66.1 Å². The summed E-state index contributed by atoms with van der Waals surface area (Å²) in [6.45, 7) is 4.12. The normalized spacial score (nSPS) is 11.1. The van der Waals surface area contributed by atoms with Crippen LogP contribution < -0.4 is 5.32 Å². The van der Waals surface area contributed by atoms with Gasteiger partial charge in [-0.2, -0.15) is 0 Å². The zero-order valence-corrected chi connectivity index (χ0v) is 18.3. The quantitative estimate of drug-likeness (QED) is 0.331. The lowest BCUT2D eigenvalue weighted by Crippen LogP contribution is -2.38. The van der Waals surface area contributed by atoms with Gasteiger partial charge in [0.25, 0.3) is 0 Å². The Hall–Kier alpha value is -2.29. The Morgan fingerprint density at radius 2 is 2.00 bits per heavy atom. The first-order valence-corrected chi connectivity index (χ1v) is 8.78. The summed E-state index contributed by atoms with van der Waals surface area (Å²) in [6, 6.07) is 16.1. The SMILES string of the molecule is CCNC(=NCc1cc(-c2ccccc2)on1)N(C)Cc1cccn1C.I. The number of nitrogens with one attached hydrogen (secondary N) is 1. The first-order chi connectivity index (χ1) is 12.7. The van der Waals surface area contributed by atoms with Crippen molar-refractivity contribution in [3.8, 4) is 11.3 Å². The van der Waals surface area contributed by atoms with E-state index in [0.29, 0.717) is 6.54 Å². The third-order valence-electron chi connectivity index (χ3n) is 4.16. The molecule has 0 saturated carbocycles. The molecule has 1 N–H and O–H groups in total. The van der Waals surface area contributed by atoms with Crippen LogP contribution in [0, 0.1) is 0 Å². The standard InChI is InChI=1S/C20H25N5O.HI/c1-4-21-20(25(3)15-18-11-8-12-24(18)2)22-14-17-13-19(26-23-17)16-9-6-5-7-10-16;/h5-13H,4,14-15H2,1-3H3,(H,21,22);1H. The minimum Gasteiger partial charge on any atom is -0.357 e.